The standard InChI is InChI=1S/C21H21NO2/c1-22(2)17-12-10-15(11-13-17)14-20(21(23)24)19-9-5-7-16-6-3-4-8-18(16)19/h3-13,20H,14H2,1-2H3,(H,23,24). The van der Waals surface area contributed by atoms with E-state index in [2.05, 4.69) is 0 Å². The molecular weight excluding hydrogens is 298 g/mol. The molecular formula is C21H21NO2. The lowest BCUT2D eigenvalue weighted by molar-refractivity contribution is -0.138. The first kappa shape index (κ1) is 16.1. The van der Waals surface area contributed by atoms with Crippen molar-refractivity contribution < 1.29 is 9.90 Å². The fourth-order valence-electron chi connectivity index (χ4n) is 3.05. The quantitative estimate of drug-likeness (QED) is 0.761. The first-order chi connectivity index (χ1) is 11.6. The molecule has 0 radical (unpaired) electrons. The predicted molar refractivity (Wildman–Crippen MR) is 98.8 cm³/mol. The summed E-state index contributed by atoms with van der Waals surface area (Å²) in [4.78, 5) is 13.9. The Morgan fingerprint density at radius 3 is 2.29 bits per heavy atom. The van der Waals surface area contributed by atoms with Crippen molar-refractivity contribution in [3.8, 4) is 0 Å². The van der Waals surface area contributed by atoms with Gasteiger partial charge in [-0.25, -0.2) is 0 Å². The van der Waals surface area contributed by atoms with Gasteiger partial charge >= 0.3 is 5.97 Å². The molecule has 0 saturated heterocycles. The molecule has 0 fully saturated rings. The Labute approximate surface area is 142 Å². The van der Waals surface area contributed by atoms with Crippen LogP contribution in [0.4, 0.5) is 5.69 Å². The minimum absolute atomic E-state index is 0.483. The highest BCUT2D eigenvalue weighted by Crippen LogP contribution is 2.29. The van der Waals surface area contributed by atoms with E-state index in [4.69, 9.17) is 0 Å². The Morgan fingerprint density at radius 1 is 0.958 bits per heavy atom. The third-order valence-electron chi connectivity index (χ3n) is 4.39. The monoisotopic (exact) mass is 319 g/mol. The van der Waals surface area contributed by atoms with Crippen LogP contribution in [0.2, 0.25) is 0 Å². The van der Waals surface area contributed by atoms with Crippen LogP contribution in [0, 0.1) is 0 Å². The van der Waals surface area contributed by atoms with Crippen molar-refractivity contribution in [2.75, 3.05) is 19.0 Å². The highest BCUT2D eigenvalue weighted by Gasteiger charge is 2.22. The second-order valence-electron chi connectivity index (χ2n) is 6.22. The molecule has 1 atom stereocenters. The van der Waals surface area contributed by atoms with E-state index in [1.807, 2.05) is 85.7 Å². The molecule has 3 nitrogen and oxygen atoms in total. The van der Waals surface area contributed by atoms with E-state index in [1.165, 1.54) is 0 Å². The van der Waals surface area contributed by atoms with Crippen LogP contribution in [0.25, 0.3) is 10.8 Å². The number of carboxylic acids is 1. The number of hydrogen-bond acceptors (Lipinski definition) is 2. The molecule has 1 unspecified atom stereocenters. The van der Waals surface area contributed by atoms with E-state index in [9.17, 15) is 9.90 Å². The van der Waals surface area contributed by atoms with Crippen LogP contribution in [0.1, 0.15) is 17.0 Å². The highest BCUT2D eigenvalue weighted by atomic mass is 16.4. The minimum atomic E-state index is -0.789. The van der Waals surface area contributed by atoms with Gasteiger partial charge in [-0.2, -0.15) is 0 Å². The Balaban J connectivity index is 1.96. The fraction of sp³-hybridized carbons (Fsp3) is 0.190. The van der Waals surface area contributed by atoms with Crippen molar-refractivity contribution in [1.29, 1.82) is 0 Å². The minimum Gasteiger partial charge on any atom is -0.481 e. The molecule has 0 aliphatic carbocycles. The molecule has 0 spiro atoms. The van der Waals surface area contributed by atoms with E-state index in [0.717, 1.165) is 27.6 Å². The summed E-state index contributed by atoms with van der Waals surface area (Å²) in [6.45, 7) is 0. The van der Waals surface area contributed by atoms with Gasteiger partial charge in [-0.3, -0.25) is 4.79 Å². The van der Waals surface area contributed by atoms with E-state index in [-0.39, 0.29) is 0 Å². The number of aliphatic carboxylic acids is 1. The predicted octanol–water partition coefficient (Wildman–Crippen LogP) is 4.32. The number of hydrogen-bond donors (Lipinski definition) is 1. The second-order valence-corrected chi connectivity index (χ2v) is 6.22. The number of anilines is 1. The summed E-state index contributed by atoms with van der Waals surface area (Å²) in [5.41, 5.74) is 3.01. The second kappa shape index (κ2) is 6.75. The molecule has 3 aromatic carbocycles. The first-order valence-electron chi connectivity index (χ1n) is 8.03. The van der Waals surface area contributed by atoms with Gasteiger partial charge in [0.1, 0.15) is 0 Å². The van der Waals surface area contributed by atoms with Crippen LogP contribution in [-0.4, -0.2) is 25.2 Å². The van der Waals surface area contributed by atoms with Crippen molar-refractivity contribution in [3.63, 3.8) is 0 Å². The summed E-state index contributed by atoms with van der Waals surface area (Å²) in [5, 5.41) is 11.9. The Kier molecular flexibility index (Phi) is 4.52. The zero-order chi connectivity index (χ0) is 17.1. The SMILES string of the molecule is CN(C)c1ccc(CC(C(=O)O)c2cccc3ccccc23)cc1. The molecule has 24 heavy (non-hydrogen) atoms. The average molecular weight is 319 g/mol. The van der Waals surface area contributed by atoms with Crippen molar-refractivity contribution in [2.24, 2.45) is 0 Å². The van der Waals surface area contributed by atoms with Crippen molar-refractivity contribution in [3.05, 3.63) is 77.9 Å². The van der Waals surface area contributed by atoms with Crippen LogP contribution in [0.3, 0.4) is 0 Å². The summed E-state index contributed by atoms with van der Waals surface area (Å²) in [5.74, 6) is -1.34. The molecule has 0 amide bonds. The number of benzene rings is 3. The van der Waals surface area contributed by atoms with Crippen molar-refractivity contribution in [1.82, 2.24) is 0 Å². The lowest BCUT2D eigenvalue weighted by Gasteiger charge is -2.17. The van der Waals surface area contributed by atoms with Gasteiger partial charge < -0.3 is 10.0 Å². The molecule has 3 aromatic rings. The van der Waals surface area contributed by atoms with Gasteiger partial charge in [-0.05, 0) is 40.5 Å². The molecule has 0 heterocycles. The van der Waals surface area contributed by atoms with Crippen LogP contribution in [0.15, 0.2) is 66.7 Å². The summed E-state index contributed by atoms with van der Waals surface area (Å²) in [7, 11) is 3.98. The molecule has 1 N–H and O–H groups in total. The molecule has 0 aromatic heterocycles. The molecule has 0 aliphatic rings. The van der Waals surface area contributed by atoms with Gasteiger partial charge in [0.05, 0.1) is 5.92 Å². The third kappa shape index (κ3) is 3.25. The van der Waals surface area contributed by atoms with Crippen LogP contribution in [-0.2, 0) is 11.2 Å². The largest absolute Gasteiger partial charge is 0.481 e. The average Bonchev–Trinajstić information content (AvgIpc) is 2.59. The van der Waals surface area contributed by atoms with Crippen LogP contribution >= 0.6 is 0 Å². The van der Waals surface area contributed by atoms with E-state index >= 15 is 0 Å². The fourth-order valence-corrected chi connectivity index (χ4v) is 3.05. The summed E-state index contributed by atoms with van der Waals surface area (Å²) < 4.78 is 0. The van der Waals surface area contributed by atoms with Gasteiger partial charge in [0, 0.05) is 19.8 Å². The maximum Gasteiger partial charge on any atom is 0.311 e. The number of fused-ring (bicyclic) bond motifs is 1. The van der Waals surface area contributed by atoms with Gasteiger partial charge in [0.25, 0.3) is 0 Å². The van der Waals surface area contributed by atoms with Gasteiger partial charge in [-0.1, -0.05) is 54.6 Å². The molecule has 3 rings (SSSR count). The Morgan fingerprint density at radius 2 is 1.62 bits per heavy atom. The van der Waals surface area contributed by atoms with E-state index < -0.39 is 11.9 Å². The van der Waals surface area contributed by atoms with Gasteiger partial charge in [0.2, 0.25) is 0 Å². The molecule has 0 aliphatic heterocycles. The maximum atomic E-state index is 11.9. The third-order valence-corrected chi connectivity index (χ3v) is 4.39. The number of nitrogens with zero attached hydrogens (tertiary/aromatic N) is 1. The Hall–Kier alpha value is -2.81. The first-order valence-corrected chi connectivity index (χ1v) is 8.03. The molecule has 0 saturated carbocycles. The van der Waals surface area contributed by atoms with E-state index in [1.54, 1.807) is 0 Å². The zero-order valence-corrected chi connectivity index (χ0v) is 13.9. The van der Waals surface area contributed by atoms with Crippen molar-refractivity contribution >= 4 is 22.4 Å². The smallest absolute Gasteiger partial charge is 0.311 e. The lowest BCUT2D eigenvalue weighted by atomic mass is 9.88. The lowest BCUT2D eigenvalue weighted by Crippen LogP contribution is -2.15. The maximum absolute atomic E-state index is 11.9. The molecule has 0 bridgehead atoms. The number of carbonyl (C=O) groups is 1. The van der Waals surface area contributed by atoms with Crippen molar-refractivity contribution in [2.45, 2.75) is 12.3 Å². The normalized spacial score (nSPS) is 12.1. The molecule has 3 heteroatoms. The number of rotatable bonds is 5. The zero-order valence-electron chi connectivity index (χ0n) is 13.9. The number of carboxylic acid groups (broad SMARTS) is 1. The van der Waals surface area contributed by atoms with Crippen LogP contribution < -0.4 is 4.90 Å². The molecule has 122 valence electrons. The summed E-state index contributed by atoms with van der Waals surface area (Å²) in [6, 6.07) is 21.9. The van der Waals surface area contributed by atoms with E-state index in [0.29, 0.717) is 6.42 Å². The van der Waals surface area contributed by atoms with Crippen LogP contribution in [0.5, 0.6) is 0 Å². The highest BCUT2D eigenvalue weighted by molar-refractivity contribution is 5.90. The topological polar surface area (TPSA) is 40.5 Å². The van der Waals surface area contributed by atoms with Gasteiger partial charge in [-0.15, -0.1) is 0 Å². The summed E-state index contributed by atoms with van der Waals surface area (Å²) >= 11 is 0. The Bertz CT molecular complexity index is 848. The summed E-state index contributed by atoms with van der Waals surface area (Å²) in [6.07, 6.45) is 0.483. The van der Waals surface area contributed by atoms with Gasteiger partial charge in [0.15, 0.2) is 0 Å².